The second kappa shape index (κ2) is 6.26. The van der Waals surface area contributed by atoms with Crippen molar-refractivity contribution >= 4 is 27.7 Å². The van der Waals surface area contributed by atoms with Crippen molar-refractivity contribution < 1.29 is 14.3 Å². The maximum absolute atomic E-state index is 12.2. The Hall–Kier alpha value is -1.56. The third-order valence-electron chi connectivity index (χ3n) is 3.38. The maximum atomic E-state index is 12.2. The van der Waals surface area contributed by atoms with Crippen molar-refractivity contribution in [2.75, 3.05) is 13.1 Å². The highest BCUT2D eigenvalue weighted by molar-refractivity contribution is 9.10. The first kappa shape index (κ1) is 14.8. The van der Waals surface area contributed by atoms with Crippen molar-refractivity contribution in [3.63, 3.8) is 0 Å². The van der Waals surface area contributed by atoms with Gasteiger partial charge in [0, 0.05) is 17.6 Å². The average Bonchev–Trinajstić information content (AvgIpc) is 2.90. The summed E-state index contributed by atoms with van der Waals surface area (Å²) in [6.07, 6.45) is 0.0503. The molecule has 0 saturated carbocycles. The zero-order valence-electron chi connectivity index (χ0n) is 11.2. The van der Waals surface area contributed by atoms with Gasteiger partial charge in [-0.3, -0.25) is 9.59 Å². The Morgan fingerprint density at radius 1 is 1.40 bits per heavy atom. The Morgan fingerprint density at radius 3 is 2.60 bits per heavy atom. The molecule has 0 radical (unpaired) electrons. The SMILES string of the molecule is C[C@@H](Oc1ccc(Br)cc1)C(=O)N1CC[C@@H](C(N)=O)C1. The van der Waals surface area contributed by atoms with Crippen LogP contribution in [0.15, 0.2) is 28.7 Å². The van der Waals surface area contributed by atoms with E-state index in [9.17, 15) is 9.59 Å². The molecule has 2 atom stereocenters. The van der Waals surface area contributed by atoms with Crippen molar-refractivity contribution in [2.24, 2.45) is 11.7 Å². The number of ether oxygens (including phenoxy) is 1. The number of likely N-dealkylation sites (tertiary alicyclic amines) is 1. The van der Waals surface area contributed by atoms with Crippen LogP contribution in [0.4, 0.5) is 0 Å². The third-order valence-corrected chi connectivity index (χ3v) is 3.91. The van der Waals surface area contributed by atoms with Crippen molar-refractivity contribution in [2.45, 2.75) is 19.4 Å². The Kier molecular flexibility index (Phi) is 4.65. The summed E-state index contributed by atoms with van der Waals surface area (Å²) >= 11 is 3.34. The van der Waals surface area contributed by atoms with E-state index in [1.165, 1.54) is 0 Å². The molecular weight excluding hydrogens is 324 g/mol. The van der Waals surface area contributed by atoms with Crippen molar-refractivity contribution in [1.29, 1.82) is 0 Å². The van der Waals surface area contributed by atoms with Gasteiger partial charge in [-0.05, 0) is 37.6 Å². The summed E-state index contributed by atoms with van der Waals surface area (Å²) in [7, 11) is 0. The quantitative estimate of drug-likeness (QED) is 0.903. The van der Waals surface area contributed by atoms with Gasteiger partial charge in [0.15, 0.2) is 6.10 Å². The second-order valence-electron chi connectivity index (χ2n) is 4.89. The third kappa shape index (κ3) is 3.50. The molecule has 20 heavy (non-hydrogen) atoms. The molecule has 0 spiro atoms. The maximum Gasteiger partial charge on any atom is 0.263 e. The van der Waals surface area contributed by atoms with Crippen LogP contribution in [0.2, 0.25) is 0 Å². The van der Waals surface area contributed by atoms with Gasteiger partial charge in [-0.15, -0.1) is 0 Å². The number of amides is 2. The topological polar surface area (TPSA) is 72.6 Å². The van der Waals surface area contributed by atoms with Crippen LogP contribution in [0.1, 0.15) is 13.3 Å². The number of nitrogens with zero attached hydrogens (tertiary/aromatic N) is 1. The zero-order chi connectivity index (χ0) is 14.7. The number of rotatable bonds is 4. The van der Waals surface area contributed by atoms with Crippen LogP contribution in [-0.4, -0.2) is 35.9 Å². The molecule has 108 valence electrons. The molecule has 1 aliphatic heterocycles. The fraction of sp³-hybridized carbons (Fsp3) is 0.429. The summed E-state index contributed by atoms with van der Waals surface area (Å²) in [4.78, 5) is 25.0. The smallest absolute Gasteiger partial charge is 0.263 e. The zero-order valence-corrected chi connectivity index (χ0v) is 12.8. The summed E-state index contributed by atoms with van der Waals surface area (Å²) in [5, 5.41) is 0. The van der Waals surface area contributed by atoms with Gasteiger partial charge in [-0.2, -0.15) is 0 Å². The molecule has 5 nitrogen and oxygen atoms in total. The Labute approximate surface area is 126 Å². The molecule has 0 aromatic heterocycles. The summed E-state index contributed by atoms with van der Waals surface area (Å²) in [5.74, 6) is -0.0584. The lowest BCUT2D eigenvalue weighted by Crippen LogP contribution is -2.40. The van der Waals surface area contributed by atoms with Gasteiger partial charge in [-0.1, -0.05) is 15.9 Å². The predicted molar refractivity (Wildman–Crippen MR) is 78.1 cm³/mol. The van der Waals surface area contributed by atoms with Gasteiger partial charge in [0.05, 0.1) is 5.92 Å². The van der Waals surface area contributed by atoms with E-state index in [1.54, 1.807) is 24.0 Å². The minimum Gasteiger partial charge on any atom is -0.481 e. The lowest BCUT2D eigenvalue weighted by atomic mass is 10.1. The van der Waals surface area contributed by atoms with Gasteiger partial charge in [0.2, 0.25) is 5.91 Å². The molecule has 0 unspecified atom stereocenters. The van der Waals surface area contributed by atoms with Crippen LogP contribution in [0.3, 0.4) is 0 Å². The Bertz CT molecular complexity index is 504. The van der Waals surface area contributed by atoms with E-state index >= 15 is 0 Å². The van der Waals surface area contributed by atoms with Gasteiger partial charge >= 0.3 is 0 Å². The molecule has 1 aromatic rings. The normalized spacial score (nSPS) is 19.7. The van der Waals surface area contributed by atoms with Gasteiger partial charge < -0.3 is 15.4 Å². The molecule has 0 bridgehead atoms. The Morgan fingerprint density at radius 2 is 2.05 bits per heavy atom. The first-order valence-electron chi connectivity index (χ1n) is 6.47. The van der Waals surface area contributed by atoms with Crippen LogP contribution in [0, 0.1) is 5.92 Å². The van der Waals surface area contributed by atoms with E-state index in [-0.39, 0.29) is 17.7 Å². The summed E-state index contributed by atoms with van der Waals surface area (Å²) in [6, 6.07) is 7.30. The van der Waals surface area contributed by atoms with Crippen LogP contribution < -0.4 is 10.5 Å². The fourth-order valence-electron chi connectivity index (χ4n) is 2.22. The van der Waals surface area contributed by atoms with Crippen molar-refractivity contribution in [3.05, 3.63) is 28.7 Å². The molecule has 1 saturated heterocycles. The minimum absolute atomic E-state index is 0.114. The highest BCUT2D eigenvalue weighted by Gasteiger charge is 2.32. The average molecular weight is 341 g/mol. The van der Waals surface area contributed by atoms with Crippen LogP contribution in [0.5, 0.6) is 5.75 Å². The summed E-state index contributed by atoms with van der Waals surface area (Å²) in [6.45, 7) is 2.66. The molecule has 0 aliphatic carbocycles. The molecule has 1 aliphatic rings. The van der Waals surface area contributed by atoms with E-state index in [1.807, 2.05) is 12.1 Å². The number of hydrogen-bond acceptors (Lipinski definition) is 3. The predicted octanol–water partition coefficient (Wildman–Crippen LogP) is 1.55. The number of carbonyl (C=O) groups excluding carboxylic acids is 2. The minimum atomic E-state index is -0.581. The summed E-state index contributed by atoms with van der Waals surface area (Å²) in [5.41, 5.74) is 5.26. The fourth-order valence-corrected chi connectivity index (χ4v) is 2.48. The molecule has 2 rings (SSSR count). The molecule has 1 heterocycles. The number of halogens is 1. The van der Waals surface area contributed by atoms with E-state index in [0.717, 1.165) is 4.47 Å². The number of carbonyl (C=O) groups is 2. The lowest BCUT2D eigenvalue weighted by Gasteiger charge is -2.21. The highest BCUT2D eigenvalue weighted by atomic mass is 79.9. The number of primary amides is 1. The van der Waals surface area contributed by atoms with Crippen molar-refractivity contribution in [3.8, 4) is 5.75 Å². The molecule has 6 heteroatoms. The van der Waals surface area contributed by atoms with Crippen molar-refractivity contribution in [1.82, 2.24) is 4.90 Å². The molecule has 2 amide bonds. The standard InChI is InChI=1S/C14H17BrN2O3/c1-9(20-12-4-2-11(15)3-5-12)14(19)17-7-6-10(8-17)13(16)18/h2-5,9-10H,6-8H2,1H3,(H2,16,18)/t9-,10-/m1/s1. The first-order valence-corrected chi connectivity index (χ1v) is 7.27. The Balaban J connectivity index is 1.92. The molecular formula is C14H17BrN2O3. The van der Waals surface area contributed by atoms with E-state index in [0.29, 0.717) is 25.3 Å². The van der Waals surface area contributed by atoms with Crippen LogP contribution in [0.25, 0.3) is 0 Å². The van der Waals surface area contributed by atoms with E-state index in [2.05, 4.69) is 15.9 Å². The van der Waals surface area contributed by atoms with Gasteiger partial charge in [0.1, 0.15) is 5.75 Å². The van der Waals surface area contributed by atoms with E-state index in [4.69, 9.17) is 10.5 Å². The van der Waals surface area contributed by atoms with Gasteiger partial charge in [0.25, 0.3) is 5.91 Å². The van der Waals surface area contributed by atoms with Crippen LogP contribution >= 0.6 is 15.9 Å². The largest absolute Gasteiger partial charge is 0.481 e. The highest BCUT2D eigenvalue weighted by Crippen LogP contribution is 2.20. The number of hydrogen-bond donors (Lipinski definition) is 1. The number of nitrogens with two attached hydrogens (primary N) is 1. The second-order valence-corrected chi connectivity index (χ2v) is 5.80. The van der Waals surface area contributed by atoms with Crippen LogP contribution in [-0.2, 0) is 9.59 Å². The van der Waals surface area contributed by atoms with E-state index < -0.39 is 6.10 Å². The first-order chi connectivity index (χ1) is 9.47. The number of benzene rings is 1. The summed E-state index contributed by atoms with van der Waals surface area (Å²) < 4.78 is 6.56. The lowest BCUT2D eigenvalue weighted by molar-refractivity contribution is -0.137. The monoisotopic (exact) mass is 340 g/mol. The molecule has 1 fully saturated rings. The molecule has 2 N–H and O–H groups in total. The molecule has 1 aromatic carbocycles. The van der Waals surface area contributed by atoms with Gasteiger partial charge in [-0.25, -0.2) is 0 Å².